The monoisotopic (exact) mass is 284 g/mol. The van der Waals surface area contributed by atoms with Crippen LogP contribution >= 0.6 is 11.3 Å². The highest BCUT2D eigenvalue weighted by Crippen LogP contribution is 2.26. The first-order valence-electron chi connectivity index (χ1n) is 5.81. The van der Waals surface area contributed by atoms with E-state index in [0.717, 1.165) is 15.3 Å². The van der Waals surface area contributed by atoms with Crippen molar-refractivity contribution in [1.29, 1.82) is 0 Å². The maximum absolute atomic E-state index is 11.3. The fourth-order valence-electron chi connectivity index (χ4n) is 1.57. The zero-order valence-electron chi connectivity index (χ0n) is 10.4. The molecular weight excluding hydrogens is 268 g/mol. The molecule has 0 atom stereocenters. The molecule has 98 valence electrons. The number of nitrogens with one attached hydrogen (secondary N) is 1. The van der Waals surface area contributed by atoms with E-state index in [1.165, 1.54) is 5.56 Å². The second kappa shape index (κ2) is 5.24. The zero-order valence-corrected chi connectivity index (χ0v) is 12.1. The number of benzene rings is 1. The Balaban J connectivity index is 2.04. The lowest BCUT2D eigenvalue weighted by Crippen LogP contribution is -2.16. The zero-order chi connectivity index (χ0) is 13.2. The number of hydrogen-bond acceptors (Lipinski definition) is 5. The van der Waals surface area contributed by atoms with Gasteiger partial charge in [0.15, 0.2) is 15.0 Å². The van der Waals surface area contributed by atoms with Gasteiger partial charge in [0.1, 0.15) is 0 Å². The minimum atomic E-state index is -2.91. The van der Waals surface area contributed by atoms with Crippen LogP contribution in [-0.2, 0) is 9.84 Å². The lowest BCUT2D eigenvalue weighted by Gasteiger charge is -2.01. The number of aromatic nitrogens is 1. The summed E-state index contributed by atoms with van der Waals surface area (Å²) in [5.41, 5.74) is 2.13. The fourth-order valence-corrected chi connectivity index (χ4v) is 3.14. The summed E-state index contributed by atoms with van der Waals surface area (Å²) >= 11 is 1.55. The molecule has 1 heterocycles. The average Bonchev–Trinajstić information content (AvgIpc) is 2.70. The topological polar surface area (TPSA) is 59.1 Å². The number of fused-ring (bicyclic) bond motifs is 1. The molecule has 1 aromatic heterocycles. The Kier molecular flexibility index (Phi) is 3.87. The van der Waals surface area contributed by atoms with Crippen LogP contribution in [0, 0.1) is 6.92 Å². The lowest BCUT2D eigenvalue weighted by molar-refractivity contribution is 0.597. The first kappa shape index (κ1) is 13.3. The highest BCUT2D eigenvalue weighted by Gasteiger charge is 2.08. The van der Waals surface area contributed by atoms with Crippen molar-refractivity contribution in [1.82, 2.24) is 4.98 Å². The number of nitrogens with zero attached hydrogens (tertiary/aromatic N) is 1. The quantitative estimate of drug-likeness (QED) is 0.916. The second-order valence-corrected chi connectivity index (χ2v) is 7.66. The summed E-state index contributed by atoms with van der Waals surface area (Å²) in [6, 6.07) is 6.11. The van der Waals surface area contributed by atoms with Crippen molar-refractivity contribution in [2.24, 2.45) is 0 Å². The Morgan fingerprint density at radius 2 is 2.17 bits per heavy atom. The van der Waals surface area contributed by atoms with Crippen molar-refractivity contribution in [2.75, 3.05) is 23.4 Å². The van der Waals surface area contributed by atoms with Crippen LogP contribution < -0.4 is 5.32 Å². The van der Waals surface area contributed by atoms with Crippen LogP contribution in [0.1, 0.15) is 12.5 Å². The predicted octanol–water partition coefficient (Wildman–Crippen LogP) is 2.45. The van der Waals surface area contributed by atoms with Crippen molar-refractivity contribution >= 4 is 36.5 Å². The van der Waals surface area contributed by atoms with Gasteiger partial charge in [-0.2, -0.15) is 0 Å². The normalized spacial score (nSPS) is 11.9. The van der Waals surface area contributed by atoms with Gasteiger partial charge < -0.3 is 5.32 Å². The molecule has 2 rings (SSSR count). The third-order valence-corrected chi connectivity index (χ3v) is 5.37. The minimum absolute atomic E-state index is 0.151. The molecule has 0 unspecified atom stereocenters. The van der Waals surface area contributed by atoms with E-state index in [4.69, 9.17) is 0 Å². The van der Waals surface area contributed by atoms with Gasteiger partial charge in [-0.25, -0.2) is 13.4 Å². The van der Waals surface area contributed by atoms with Gasteiger partial charge in [-0.05, 0) is 24.6 Å². The van der Waals surface area contributed by atoms with Crippen LogP contribution in [0.15, 0.2) is 18.2 Å². The van der Waals surface area contributed by atoms with Crippen LogP contribution in [0.3, 0.4) is 0 Å². The summed E-state index contributed by atoms with van der Waals surface area (Å²) in [5.74, 6) is 0.339. The highest BCUT2D eigenvalue weighted by atomic mass is 32.2. The largest absolute Gasteiger partial charge is 0.360 e. The smallest absolute Gasteiger partial charge is 0.183 e. The van der Waals surface area contributed by atoms with Crippen LogP contribution in [0.2, 0.25) is 0 Å². The Morgan fingerprint density at radius 1 is 1.39 bits per heavy atom. The molecular formula is C12H16N2O2S2. The van der Waals surface area contributed by atoms with Crippen LogP contribution in [0.5, 0.6) is 0 Å². The summed E-state index contributed by atoms with van der Waals surface area (Å²) in [7, 11) is -2.91. The molecule has 0 fully saturated rings. The van der Waals surface area contributed by atoms with Gasteiger partial charge in [-0.3, -0.25) is 0 Å². The third-order valence-electron chi connectivity index (χ3n) is 2.67. The van der Waals surface area contributed by atoms with Gasteiger partial charge in [0.2, 0.25) is 0 Å². The van der Waals surface area contributed by atoms with Crippen molar-refractivity contribution in [3.63, 3.8) is 0 Å². The van der Waals surface area contributed by atoms with E-state index < -0.39 is 9.84 Å². The average molecular weight is 284 g/mol. The number of sulfone groups is 1. The molecule has 0 bridgehead atoms. The predicted molar refractivity (Wildman–Crippen MR) is 77.2 cm³/mol. The highest BCUT2D eigenvalue weighted by molar-refractivity contribution is 7.91. The fraction of sp³-hybridized carbons (Fsp3) is 0.417. The Labute approximate surface area is 111 Å². The lowest BCUT2D eigenvalue weighted by atomic mass is 10.2. The van der Waals surface area contributed by atoms with E-state index >= 15 is 0 Å². The van der Waals surface area contributed by atoms with E-state index in [1.807, 2.05) is 25.1 Å². The maximum atomic E-state index is 11.3. The maximum Gasteiger partial charge on any atom is 0.183 e. The first-order valence-corrected chi connectivity index (χ1v) is 8.45. The van der Waals surface area contributed by atoms with Gasteiger partial charge in [-0.1, -0.05) is 24.3 Å². The molecule has 0 spiro atoms. The van der Waals surface area contributed by atoms with E-state index in [-0.39, 0.29) is 11.5 Å². The van der Waals surface area contributed by atoms with Gasteiger partial charge in [-0.15, -0.1) is 0 Å². The molecule has 1 aromatic carbocycles. The standard InChI is InChI=1S/C12H16N2O2S2/c1-3-18(15,16)7-6-13-12-14-10-8-9(2)4-5-11(10)17-12/h4-5,8H,3,6-7H2,1-2H3,(H,13,14). The third kappa shape index (κ3) is 3.20. The second-order valence-electron chi connectivity index (χ2n) is 4.15. The molecule has 18 heavy (non-hydrogen) atoms. The first-order chi connectivity index (χ1) is 8.50. The molecule has 0 radical (unpaired) electrons. The summed E-state index contributed by atoms with van der Waals surface area (Å²) in [5, 5.41) is 3.85. The molecule has 0 aliphatic carbocycles. The molecule has 0 amide bonds. The van der Waals surface area contributed by atoms with Crippen molar-refractivity contribution in [2.45, 2.75) is 13.8 Å². The summed E-state index contributed by atoms with van der Waals surface area (Å²) in [4.78, 5) is 4.43. The van der Waals surface area contributed by atoms with Gasteiger partial charge >= 0.3 is 0 Å². The van der Waals surface area contributed by atoms with Crippen molar-refractivity contribution < 1.29 is 8.42 Å². The van der Waals surface area contributed by atoms with E-state index in [0.29, 0.717) is 6.54 Å². The van der Waals surface area contributed by atoms with E-state index in [1.54, 1.807) is 18.3 Å². The van der Waals surface area contributed by atoms with Crippen LogP contribution in [0.25, 0.3) is 10.2 Å². The summed E-state index contributed by atoms with van der Waals surface area (Å²) in [6.07, 6.45) is 0. The summed E-state index contributed by atoms with van der Waals surface area (Å²) < 4.78 is 23.8. The molecule has 0 aliphatic rings. The number of rotatable bonds is 5. The number of hydrogen-bond donors (Lipinski definition) is 1. The number of thiazole rings is 1. The Bertz CT molecular complexity index is 647. The molecule has 6 heteroatoms. The molecule has 0 saturated carbocycles. The Hall–Kier alpha value is -1.14. The van der Waals surface area contributed by atoms with Gasteiger partial charge in [0.05, 0.1) is 16.0 Å². The number of aryl methyl sites for hydroxylation is 1. The van der Waals surface area contributed by atoms with E-state index in [9.17, 15) is 8.42 Å². The van der Waals surface area contributed by atoms with Crippen molar-refractivity contribution in [3.05, 3.63) is 23.8 Å². The van der Waals surface area contributed by atoms with Crippen LogP contribution in [-0.4, -0.2) is 31.5 Å². The molecule has 0 saturated heterocycles. The van der Waals surface area contributed by atoms with Crippen molar-refractivity contribution in [3.8, 4) is 0 Å². The Morgan fingerprint density at radius 3 is 2.89 bits per heavy atom. The SMILES string of the molecule is CCS(=O)(=O)CCNc1nc2cc(C)ccc2s1. The minimum Gasteiger partial charge on any atom is -0.360 e. The molecule has 1 N–H and O–H groups in total. The molecule has 2 aromatic rings. The number of anilines is 1. The molecule has 0 aliphatic heterocycles. The van der Waals surface area contributed by atoms with Gasteiger partial charge in [0, 0.05) is 12.3 Å². The van der Waals surface area contributed by atoms with Crippen LogP contribution in [0.4, 0.5) is 5.13 Å². The summed E-state index contributed by atoms with van der Waals surface area (Å²) in [6.45, 7) is 4.10. The molecule has 4 nitrogen and oxygen atoms in total. The van der Waals surface area contributed by atoms with E-state index in [2.05, 4.69) is 10.3 Å². The van der Waals surface area contributed by atoms with Gasteiger partial charge in [0.25, 0.3) is 0 Å².